The lowest BCUT2D eigenvalue weighted by Gasteiger charge is -2.45. The molecule has 1 saturated carbocycles. The third-order valence-corrected chi connectivity index (χ3v) is 4.87. The zero-order valence-corrected chi connectivity index (χ0v) is 12.8. The molecule has 0 spiro atoms. The zero-order chi connectivity index (χ0) is 14.0. The highest BCUT2D eigenvalue weighted by molar-refractivity contribution is 5.17. The molecule has 2 aliphatic rings. The van der Waals surface area contributed by atoms with Crippen LogP contribution in [0.4, 0.5) is 0 Å². The second kappa shape index (κ2) is 5.78. The Morgan fingerprint density at radius 3 is 2.26 bits per heavy atom. The predicted molar refractivity (Wildman–Crippen MR) is 77.9 cm³/mol. The first-order chi connectivity index (χ1) is 9.02. The molecule has 4 heteroatoms. The van der Waals surface area contributed by atoms with Crippen molar-refractivity contribution in [3.05, 3.63) is 0 Å². The van der Waals surface area contributed by atoms with Gasteiger partial charge in [-0.15, -0.1) is 0 Å². The fraction of sp³-hybridized carbons (Fsp3) is 0.933. The summed E-state index contributed by atoms with van der Waals surface area (Å²) < 4.78 is 0. The lowest BCUT2D eigenvalue weighted by molar-refractivity contribution is 0.0455. The van der Waals surface area contributed by atoms with Gasteiger partial charge >= 0.3 is 0 Å². The average Bonchev–Trinajstić information content (AvgIpc) is 3.19. The van der Waals surface area contributed by atoms with E-state index in [1.54, 1.807) is 0 Å². The van der Waals surface area contributed by atoms with Gasteiger partial charge in [0.25, 0.3) is 0 Å². The van der Waals surface area contributed by atoms with Crippen LogP contribution in [0.2, 0.25) is 0 Å². The monoisotopic (exact) mass is 264 g/mol. The van der Waals surface area contributed by atoms with Crippen molar-refractivity contribution < 1.29 is 0 Å². The van der Waals surface area contributed by atoms with E-state index in [4.69, 9.17) is 0 Å². The first-order valence-electron chi connectivity index (χ1n) is 7.63. The van der Waals surface area contributed by atoms with Gasteiger partial charge in [0, 0.05) is 31.7 Å². The summed E-state index contributed by atoms with van der Waals surface area (Å²) in [5, 5.41) is 13.2. The summed E-state index contributed by atoms with van der Waals surface area (Å²) in [4.78, 5) is 4.93. The molecule has 1 saturated heterocycles. The molecule has 3 unspecified atom stereocenters. The van der Waals surface area contributed by atoms with Crippen molar-refractivity contribution in [2.45, 2.75) is 51.2 Å². The van der Waals surface area contributed by atoms with E-state index in [2.05, 4.69) is 49.0 Å². The Balaban J connectivity index is 2.03. The number of rotatable bonds is 5. The highest BCUT2D eigenvalue weighted by atomic mass is 15.3. The van der Waals surface area contributed by atoms with Crippen LogP contribution in [0.25, 0.3) is 0 Å². The Labute approximate surface area is 117 Å². The van der Waals surface area contributed by atoms with Crippen LogP contribution in [-0.4, -0.2) is 60.6 Å². The van der Waals surface area contributed by atoms with Gasteiger partial charge in [-0.05, 0) is 46.2 Å². The van der Waals surface area contributed by atoms with Crippen LogP contribution in [0, 0.1) is 17.2 Å². The molecule has 0 aromatic heterocycles. The number of nitriles is 1. The molecular weight excluding hydrogens is 236 g/mol. The van der Waals surface area contributed by atoms with Crippen molar-refractivity contribution in [2.24, 2.45) is 5.92 Å². The van der Waals surface area contributed by atoms with E-state index < -0.39 is 0 Å². The van der Waals surface area contributed by atoms with Crippen LogP contribution in [0.3, 0.4) is 0 Å². The van der Waals surface area contributed by atoms with Crippen LogP contribution in [0.1, 0.15) is 33.6 Å². The number of nitrogens with one attached hydrogen (secondary N) is 1. The van der Waals surface area contributed by atoms with Gasteiger partial charge in [-0.1, -0.05) is 6.92 Å². The summed E-state index contributed by atoms with van der Waals surface area (Å²) >= 11 is 0. The Bertz CT molecular complexity index is 335. The van der Waals surface area contributed by atoms with Crippen LogP contribution < -0.4 is 5.32 Å². The summed E-state index contributed by atoms with van der Waals surface area (Å²) in [5.74, 6) is 0.558. The standard InChI is InChI=1S/C15H28N4/c1-5-17-15(10-16,14-6-7-14)11-19-8-12(2)18(4)13(3)9-19/h12-14,17H,5-9,11H2,1-4H3. The fourth-order valence-electron chi connectivity index (χ4n) is 3.38. The van der Waals surface area contributed by atoms with Crippen molar-refractivity contribution >= 4 is 0 Å². The summed E-state index contributed by atoms with van der Waals surface area (Å²) in [5.41, 5.74) is -0.315. The molecule has 0 aromatic carbocycles. The molecule has 1 heterocycles. The molecule has 3 atom stereocenters. The maximum atomic E-state index is 9.68. The summed E-state index contributed by atoms with van der Waals surface area (Å²) in [6, 6.07) is 3.74. The highest BCUT2D eigenvalue weighted by Crippen LogP contribution is 2.40. The van der Waals surface area contributed by atoms with Gasteiger partial charge in [-0.25, -0.2) is 0 Å². The molecule has 1 N–H and O–H groups in total. The lowest BCUT2D eigenvalue weighted by Crippen LogP contribution is -2.61. The Morgan fingerprint density at radius 2 is 1.84 bits per heavy atom. The summed E-state index contributed by atoms with van der Waals surface area (Å²) in [7, 11) is 2.20. The molecule has 0 aromatic rings. The average molecular weight is 264 g/mol. The van der Waals surface area contributed by atoms with Crippen molar-refractivity contribution in [3.8, 4) is 6.07 Å². The van der Waals surface area contributed by atoms with E-state index in [-0.39, 0.29) is 5.54 Å². The predicted octanol–water partition coefficient (Wildman–Crippen LogP) is 1.29. The van der Waals surface area contributed by atoms with E-state index in [0.717, 1.165) is 26.2 Å². The van der Waals surface area contributed by atoms with Crippen LogP contribution >= 0.6 is 0 Å². The largest absolute Gasteiger partial charge is 0.298 e. The third-order valence-electron chi connectivity index (χ3n) is 4.87. The lowest BCUT2D eigenvalue weighted by atomic mass is 9.93. The molecule has 0 radical (unpaired) electrons. The minimum absolute atomic E-state index is 0.315. The highest BCUT2D eigenvalue weighted by Gasteiger charge is 2.47. The first-order valence-corrected chi connectivity index (χ1v) is 7.63. The SMILES string of the molecule is CCNC(C#N)(CN1CC(C)N(C)C(C)C1)C1CC1. The molecular formula is C15H28N4. The maximum absolute atomic E-state index is 9.68. The third kappa shape index (κ3) is 3.10. The summed E-state index contributed by atoms with van der Waals surface area (Å²) in [6.45, 7) is 10.6. The number of hydrogen-bond donors (Lipinski definition) is 1. The van der Waals surface area contributed by atoms with E-state index in [0.29, 0.717) is 18.0 Å². The van der Waals surface area contributed by atoms with Crippen LogP contribution in [-0.2, 0) is 0 Å². The van der Waals surface area contributed by atoms with Crippen molar-refractivity contribution in [2.75, 3.05) is 33.2 Å². The molecule has 2 rings (SSSR count). The van der Waals surface area contributed by atoms with E-state index in [1.807, 2.05) is 0 Å². The Hall–Kier alpha value is -0.630. The minimum Gasteiger partial charge on any atom is -0.298 e. The van der Waals surface area contributed by atoms with Gasteiger partial charge in [-0.3, -0.25) is 15.1 Å². The Kier molecular flexibility index (Phi) is 4.50. The van der Waals surface area contributed by atoms with Gasteiger partial charge in [-0.2, -0.15) is 5.26 Å². The van der Waals surface area contributed by atoms with Crippen molar-refractivity contribution in [1.82, 2.24) is 15.1 Å². The second-order valence-electron chi connectivity index (χ2n) is 6.45. The van der Waals surface area contributed by atoms with E-state index in [1.165, 1.54) is 12.8 Å². The molecule has 0 amide bonds. The second-order valence-corrected chi connectivity index (χ2v) is 6.45. The smallest absolute Gasteiger partial charge is 0.122 e. The number of likely N-dealkylation sites (N-methyl/N-ethyl adjacent to an activating group) is 2. The number of hydrogen-bond acceptors (Lipinski definition) is 4. The van der Waals surface area contributed by atoms with E-state index >= 15 is 0 Å². The molecule has 1 aliphatic heterocycles. The van der Waals surface area contributed by atoms with Gasteiger partial charge in [0.15, 0.2) is 0 Å². The fourth-order valence-corrected chi connectivity index (χ4v) is 3.38. The van der Waals surface area contributed by atoms with Gasteiger partial charge in [0.05, 0.1) is 6.07 Å². The van der Waals surface area contributed by atoms with Gasteiger partial charge < -0.3 is 0 Å². The topological polar surface area (TPSA) is 42.3 Å². The molecule has 0 bridgehead atoms. The van der Waals surface area contributed by atoms with Crippen LogP contribution in [0.15, 0.2) is 0 Å². The molecule has 1 aliphatic carbocycles. The van der Waals surface area contributed by atoms with Crippen molar-refractivity contribution in [1.29, 1.82) is 5.26 Å². The summed E-state index contributed by atoms with van der Waals surface area (Å²) in [6.07, 6.45) is 2.42. The Morgan fingerprint density at radius 1 is 1.26 bits per heavy atom. The van der Waals surface area contributed by atoms with Gasteiger partial charge in [0.2, 0.25) is 0 Å². The van der Waals surface area contributed by atoms with E-state index in [9.17, 15) is 5.26 Å². The van der Waals surface area contributed by atoms with Gasteiger partial charge in [0.1, 0.15) is 5.54 Å². The van der Waals surface area contributed by atoms with Crippen LogP contribution in [0.5, 0.6) is 0 Å². The quantitative estimate of drug-likeness (QED) is 0.812. The maximum Gasteiger partial charge on any atom is 0.122 e. The molecule has 19 heavy (non-hydrogen) atoms. The number of piperazine rings is 1. The number of nitrogens with zero attached hydrogens (tertiary/aromatic N) is 3. The van der Waals surface area contributed by atoms with Crippen molar-refractivity contribution in [3.63, 3.8) is 0 Å². The molecule has 108 valence electrons. The molecule has 2 fully saturated rings. The minimum atomic E-state index is -0.315. The normalized spacial score (nSPS) is 32.8. The first kappa shape index (κ1) is 14.8. The zero-order valence-electron chi connectivity index (χ0n) is 12.8. The molecule has 4 nitrogen and oxygen atoms in total.